The second-order valence-corrected chi connectivity index (χ2v) is 11.0. The van der Waals surface area contributed by atoms with E-state index >= 15 is 0 Å². The van der Waals surface area contributed by atoms with Crippen molar-refractivity contribution in [1.29, 1.82) is 0 Å². The first kappa shape index (κ1) is 26.9. The number of carbonyl (C=O) groups excluding carboxylic acids is 2. The molecular formula is C34H31ClN4O2. The molecule has 0 radical (unpaired) electrons. The fourth-order valence-corrected chi connectivity index (χ4v) is 5.60. The fourth-order valence-electron chi connectivity index (χ4n) is 5.38. The van der Waals surface area contributed by atoms with E-state index in [9.17, 15) is 9.59 Å². The summed E-state index contributed by atoms with van der Waals surface area (Å²) in [6.45, 7) is 7.14. The number of nitrogens with zero attached hydrogens (tertiary/aromatic N) is 4. The molecule has 206 valence electrons. The summed E-state index contributed by atoms with van der Waals surface area (Å²) in [6, 6.07) is 27.6. The molecule has 1 amide bonds. The van der Waals surface area contributed by atoms with E-state index in [1.807, 2.05) is 41.3 Å². The standard InChI is InChI=1S/C34H31ClN4O2/c1-23-7-9-27(10-8-23)33-31(22-37-17-19-38(20-18-37)34(41)29-5-3-4-6-30(29)35)39-21-28(15-16-32(39)36-33)26-13-11-25(12-14-26)24(2)40/h3-16,21H,17-20,22H2,1-2H3. The van der Waals surface area contributed by atoms with Crippen molar-refractivity contribution in [3.8, 4) is 22.4 Å². The zero-order chi connectivity index (χ0) is 28.5. The van der Waals surface area contributed by atoms with Crippen LogP contribution in [0.3, 0.4) is 0 Å². The number of imidazole rings is 1. The largest absolute Gasteiger partial charge is 0.336 e. The lowest BCUT2D eigenvalue weighted by Gasteiger charge is -2.35. The highest BCUT2D eigenvalue weighted by Gasteiger charge is 2.25. The highest BCUT2D eigenvalue weighted by molar-refractivity contribution is 6.33. The van der Waals surface area contributed by atoms with Crippen molar-refractivity contribution in [2.24, 2.45) is 0 Å². The van der Waals surface area contributed by atoms with Gasteiger partial charge in [-0.05, 0) is 49.2 Å². The molecule has 6 rings (SSSR count). The van der Waals surface area contributed by atoms with E-state index < -0.39 is 0 Å². The summed E-state index contributed by atoms with van der Waals surface area (Å²) in [5, 5.41) is 0.486. The molecule has 3 heterocycles. The summed E-state index contributed by atoms with van der Waals surface area (Å²) in [5.74, 6) is 0.0335. The summed E-state index contributed by atoms with van der Waals surface area (Å²) >= 11 is 6.30. The number of pyridine rings is 1. The van der Waals surface area contributed by atoms with Gasteiger partial charge in [0.2, 0.25) is 0 Å². The molecule has 2 aromatic heterocycles. The summed E-state index contributed by atoms with van der Waals surface area (Å²) in [4.78, 5) is 34.2. The predicted molar refractivity (Wildman–Crippen MR) is 163 cm³/mol. The molecule has 0 saturated carbocycles. The molecule has 41 heavy (non-hydrogen) atoms. The van der Waals surface area contributed by atoms with Gasteiger partial charge in [0, 0.05) is 50.0 Å². The summed E-state index contributed by atoms with van der Waals surface area (Å²) in [7, 11) is 0. The zero-order valence-corrected chi connectivity index (χ0v) is 23.9. The Balaban J connectivity index is 1.30. The van der Waals surface area contributed by atoms with Crippen LogP contribution in [0.5, 0.6) is 0 Å². The molecule has 6 nitrogen and oxygen atoms in total. The number of aryl methyl sites for hydroxylation is 1. The van der Waals surface area contributed by atoms with E-state index in [2.05, 4.69) is 58.8 Å². The van der Waals surface area contributed by atoms with Gasteiger partial charge in [-0.1, -0.05) is 77.8 Å². The first-order valence-electron chi connectivity index (χ1n) is 13.8. The van der Waals surface area contributed by atoms with E-state index in [-0.39, 0.29) is 11.7 Å². The smallest absolute Gasteiger partial charge is 0.255 e. The molecule has 0 N–H and O–H groups in total. The van der Waals surface area contributed by atoms with Crippen LogP contribution in [-0.2, 0) is 6.54 Å². The maximum absolute atomic E-state index is 13.1. The predicted octanol–water partition coefficient (Wildman–Crippen LogP) is 6.79. The number of carbonyl (C=O) groups is 2. The van der Waals surface area contributed by atoms with Crippen LogP contribution in [0, 0.1) is 6.92 Å². The van der Waals surface area contributed by atoms with Gasteiger partial charge in [0.25, 0.3) is 5.91 Å². The van der Waals surface area contributed by atoms with Crippen LogP contribution in [0.2, 0.25) is 5.02 Å². The van der Waals surface area contributed by atoms with Crippen LogP contribution < -0.4 is 0 Å². The average molecular weight is 563 g/mol. The number of fused-ring (bicyclic) bond motifs is 1. The maximum Gasteiger partial charge on any atom is 0.255 e. The van der Waals surface area contributed by atoms with Crippen molar-refractivity contribution in [2.75, 3.05) is 26.2 Å². The Morgan fingerprint density at radius 3 is 2.15 bits per heavy atom. The van der Waals surface area contributed by atoms with Gasteiger partial charge in [-0.25, -0.2) is 4.98 Å². The molecule has 0 spiro atoms. The number of ketones is 1. The Bertz CT molecular complexity index is 1730. The lowest BCUT2D eigenvalue weighted by molar-refractivity contribution is 0.0627. The number of hydrogen-bond acceptors (Lipinski definition) is 4. The van der Waals surface area contributed by atoms with Crippen LogP contribution in [0.4, 0.5) is 0 Å². The Morgan fingerprint density at radius 2 is 1.46 bits per heavy atom. The van der Waals surface area contributed by atoms with E-state index in [0.717, 1.165) is 46.8 Å². The van der Waals surface area contributed by atoms with Gasteiger partial charge in [-0.15, -0.1) is 0 Å². The van der Waals surface area contributed by atoms with E-state index in [0.29, 0.717) is 35.8 Å². The molecule has 1 fully saturated rings. The molecule has 0 atom stereocenters. The molecule has 0 aliphatic carbocycles. The minimum atomic E-state index is -0.0224. The molecule has 0 bridgehead atoms. The number of rotatable bonds is 6. The number of benzene rings is 3. The van der Waals surface area contributed by atoms with Crippen molar-refractivity contribution < 1.29 is 9.59 Å². The van der Waals surface area contributed by atoms with Crippen molar-refractivity contribution in [2.45, 2.75) is 20.4 Å². The van der Waals surface area contributed by atoms with Gasteiger partial charge in [0.15, 0.2) is 5.78 Å². The second-order valence-electron chi connectivity index (χ2n) is 10.6. The van der Waals surface area contributed by atoms with E-state index in [1.54, 1.807) is 19.1 Å². The molecular weight excluding hydrogens is 532 g/mol. The highest BCUT2D eigenvalue weighted by Crippen LogP contribution is 2.29. The number of Topliss-reactive ketones (excluding diaryl/α,β-unsaturated/α-hetero) is 1. The Hall–Kier alpha value is -4.26. The summed E-state index contributed by atoms with van der Waals surface area (Å²) < 4.78 is 2.19. The summed E-state index contributed by atoms with van der Waals surface area (Å²) in [6.07, 6.45) is 2.13. The minimum absolute atomic E-state index is 0.0224. The Kier molecular flexibility index (Phi) is 7.43. The Morgan fingerprint density at radius 1 is 0.805 bits per heavy atom. The maximum atomic E-state index is 13.1. The Labute approximate surface area is 244 Å². The quantitative estimate of drug-likeness (QED) is 0.214. The van der Waals surface area contributed by atoms with Crippen molar-refractivity contribution in [3.63, 3.8) is 0 Å². The lowest BCUT2D eigenvalue weighted by atomic mass is 10.0. The first-order valence-corrected chi connectivity index (χ1v) is 14.2. The molecule has 7 heteroatoms. The third-order valence-corrected chi connectivity index (χ3v) is 8.13. The SMILES string of the molecule is CC(=O)c1ccc(-c2ccc3nc(-c4ccc(C)cc4)c(CN4CCN(C(=O)c5ccccc5Cl)CC4)n3c2)cc1. The van der Waals surface area contributed by atoms with Crippen LogP contribution in [0.1, 0.15) is 38.9 Å². The lowest BCUT2D eigenvalue weighted by Crippen LogP contribution is -2.48. The number of hydrogen-bond donors (Lipinski definition) is 0. The van der Waals surface area contributed by atoms with Crippen molar-refractivity contribution in [1.82, 2.24) is 19.2 Å². The van der Waals surface area contributed by atoms with E-state index in [4.69, 9.17) is 16.6 Å². The monoisotopic (exact) mass is 562 g/mol. The normalized spacial score (nSPS) is 14.0. The van der Waals surface area contributed by atoms with Gasteiger partial charge >= 0.3 is 0 Å². The number of halogens is 1. The van der Waals surface area contributed by atoms with Gasteiger partial charge in [0.1, 0.15) is 5.65 Å². The van der Waals surface area contributed by atoms with Crippen LogP contribution >= 0.6 is 11.6 Å². The van der Waals surface area contributed by atoms with Crippen LogP contribution in [0.15, 0.2) is 91.1 Å². The van der Waals surface area contributed by atoms with Gasteiger partial charge in [-0.3, -0.25) is 14.5 Å². The summed E-state index contributed by atoms with van der Waals surface area (Å²) in [5.41, 5.74) is 8.58. The fraction of sp³-hybridized carbons (Fsp3) is 0.206. The zero-order valence-electron chi connectivity index (χ0n) is 23.2. The molecule has 1 aliphatic rings. The average Bonchev–Trinajstić information content (AvgIpc) is 3.35. The van der Waals surface area contributed by atoms with Crippen molar-refractivity contribution in [3.05, 3.63) is 119 Å². The third kappa shape index (κ3) is 5.53. The van der Waals surface area contributed by atoms with Crippen LogP contribution in [0.25, 0.3) is 28.0 Å². The van der Waals surface area contributed by atoms with Gasteiger partial charge in [-0.2, -0.15) is 0 Å². The third-order valence-electron chi connectivity index (χ3n) is 7.80. The first-order chi connectivity index (χ1) is 19.9. The van der Waals surface area contributed by atoms with Crippen LogP contribution in [-0.4, -0.2) is 57.1 Å². The minimum Gasteiger partial charge on any atom is -0.336 e. The topological polar surface area (TPSA) is 57.9 Å². The second kappa shape index (κ2) is 11.3. The number of aromatic nitrogens is 2. The van der Waals surface area contributed by atoms with Gasteiger partial charge in [0.05, 0.1) is 22.0 Å². The van der Waals surface area contributed by atoms with E-state index in [1.165, 1.54) is 5.56 Å². The molecule has 1 aliphatic heterocycles. The molecule has 1 saturated heterocycles. The molecule has 0 unspecified atom stereocenters. The number of piperazine rings is 1. The number of amides is 1. The van der Waals surface area contributed by atoms with Gasteiger partial charge < -0.3 is 9.30 Å². The molecule has 5 aromatic rings. The van der Waals surface area contributed by atoms with Crippen molar-refractivity contribution >= 4 is 28.9 Å². The molecule has 3 aromatic carbocycles. The highest BCUT2D eigenvalue weighted by atomic mass is 35.5.